The molecule has 146 valence electrons. The Morgan fingerprint density at radius 2 is 2.15 bits per heavy atom. The van der Waals surface area contributed by atoms with Crippen LogP contribution in [0.4, 0.5) is 5.82 Å². The summed E-state index contributed by atoms with van der Waals surface area (Å²) in [6.07, 6.45) is 11.2. The number of anilines is 1. The minimum absolute atomic E-state index is 0.0171. The molecule has 2 aromatic rings. The van der Waals surface area contributed by atoms with Gasteiger partial charge < -0.3 is 14.9 Å². The van der Waals surface area contributed by atoms with Gasteiger partial charge in [-0.05, 0) is 24.5 Å². The molecular formula is C20H28N4O3. The maximum atomic E-state index is 11.3. The van der Waals surface area contributed by atoms with Crippen LogP contribution in [-0.2, 0) is 4.79 Å². The average Bonchev–Trinajstić information content (AvgIpc) is 3.18. The van der Waals surface area contributed by atoms with Crippen molar-refractivity contribution in [2.24, 2.45) is 5.92 Å². The number of aromatic nitrogens is 3. The first-order valence-corrected chi connectivity index (χ1v) is 9.85. The highest BCUT2D eigenvalue weighted by molar-refractivity contribution is 5.67. The molecule has 0 saturated heterocycles. The Balaban J connectivity index is 1.63. The lowest BCUT2D eigenvalue weighted by molar-refractivity contribution is -0.137. The van der Waals surface area contributed by atoms with E-state index in [1.54, 1.807) is 13.2 Å². The second-order valence-electron chi connectivity index (χ2n) is 7.37. The quantitative estimate of drug-likeness (QED) is 0.669. The summed E-state index contributed by atoms with van der Waals surface area (Å²) >= 11 is 0. The van der Waals surface area contributed by atoms with Gasteiger partial charge in [0, 0.05) is 24.7 Å². The van der Waals surface area contributed by atoms with Crippen molar-refractivity contribution in [3.05, 3.63) is 24.2 Å². The van der Waals surface area contributed by atoms with E-state index in [1.807, 2.05) is 12.1 Å². The number of carboxylic acid groups (broad SMARTS) is 1. The smallest absolute Gasteiger partial charge is 0.304 e. The van der Waals surface area contributed by atoms with E-state index < -0.39 is 5.97 Å². The fourth-order valence-electron chi connectivity index (χ4n) is 3.84. The Hall–Kier alpha value is -2.44. The number of carboxylic acids is 1. The predicted octanol–water partition coefficient (Wildman–Crippen LogP) is 4.48. The molecule has 0 bridgehead atoms. The lowest BCUT2D eigenvalue weighted by atomic mass is 9.84. The van der Waals surface area contributed by atoms with Crippen LogP contribution in [0, 0.1) is 5.92 Å². The second kappa shape index (κ2) is 9.48. The van der Waals surface area contributed by atoms with Gasteiger partial charge in [0.05, 0.1) is 6.42 Å². The molecule has 1 saturated carbocycles. The number of rotatable bonds is 9. The first-order valence-electron chi connectivity index (χ1n) is 9.85. The number of pyridine rings is 1. The van der Waals surface area contributed by atoms with Gasteiger partial charge in [-0.1, -0.05) is 50.1 Å². The van der Waals surface area contributed by atoms with E-state index in [0.717, 1.165) is 36.6 Å². The van der Waals surface area contributed by atoms with Crippen molar-refractivity contribution in [1.82, 2.24) is 15.1 Å². The zero-order valence-electron chi connectivity index (χ0n) is 15.9. The number of hydrogen-bond donors (Lipinski definition) is 2. The second-order valence-corrected chi connectivity index (χ2v) is 7.37. The summed E-state index contributed by atoms with van der Waals surface area (Å²) in [7, 11) is 1.80. The lowest BCUT2D eigenvalue weighted by Gasteiger charge is -2.21. The average molecular weight is 372 g/mol. The summed E-state index contributed by atoms with van der Waals surface area (Å²) in [4.78, 5) is 20.0. The number of nitrogens with one attached hydrogen (secondary N) is 1. The molecule has 0 unspecified atom stereocenters. The topological polar surface area (TPSA) is 101 Å². The Labute approximate surface area is 159 Å². The van der Waals surface area contributed by atoms with E-state index in [0.29, 0.717) is 11.7 Å². The number of aliphatic carboxylic acids is 1. The fourth-order valence-corrected chi connectivity index (χ4v) is 3.84. The number of nitrogens with zero attached hydrogens (tertiary/aromatic N) is 3. The normalized spacial score (nSPS) is 16.2. The molecule has 27 heavy (non-hydrogen) atoms. The van der Waals surface area contributed by atoms with Crippen LogP contribution in [0.5, 0.6) is 0 Å². The van der Waals surface area contributed by atoms with Gasteiger partial charge in [0.2, 0.25) is 11.7 Å². The first kappa shape index (κ1) is 19.3. The highest BCUT2D eigenvalue weighted by Gasteiger charge is 2.23. The molecule has 2 N–H and O–H groups in total. The standard InChI is InChI=1S/C20H28N4O3/c1-21-17-11-10-16(13-22-17)19-23-20(27-24-19)15(12-18(25)26)9-5-8-14-6-3-2-4-7-14/h10-11,13-15H,2-9,12H2,1H3,(H,21,22)(H,25,26)/t15-/m0/s1. The number of carbonyl (C=O) groups is 1. The monoisotopic (exact) mass is 372 g/mol. The van der Waals surface area contributed by atoms with Crippen LogP contribution in [0.2, 0.25) is 0 Å². The van der Waals surface area contributed by atoms with Crippen molar-refractivity contribution >= 4 is 11.8 Å². The molecule has 0 aliphatic heterocycles. The van der Waals surface area contributed by atoms with Crippen LogP contribution < -0.4 is 5.32 Å². The Kier molecular flexibility index (Phi) is 6.79. The fraction of sp³-hybridized carbons (Fsp3) is 0.600. The van der Waals surface area contributed by atoms with E-state index in [-0.39, 0.29) is 12.3 Å². The summed E-state index contributed by atoms with van der Waals surface area (Å²) in [5, 5.41) is 16.3. The Morgan fingerprint density at radius 1 is 1.33 bits per heavy atom. The largest absolute Gasteiger partial charge is 0.481 e. The summed E-state index contributed by atoms with van der Waals surface area (Å²) < 4.78 is 5.41. The first-order chi connectivity index (χ1) is 13.2. The maximum Gasteiger partial charge on any atom is 0.304 e. The molecule has 1 fully saturated rings. The van der Waals surface area contributed by atoms with Crippen LogP contribution in [0.3, 0.4) is 0 Å². The van der Waals surface area contributed by atoms with Gasteiger partial charge in [0.1, 0.15) is 5.82 Å². The van der Waals surface area contributed by atoms with Crippen LogP contribution in [-0.4, -0.2) is 33.2 Å². The van der Waals surface area contributed by atoms with Crippen molar-refractivity contribution in [3.8, 4) is 11.4 Å². The van der Waals surface area contributed by atoms with Gasteiger partial charge in [-0.2, -0.15) is 4.98 Å². The Bertz CT molecular complexity index is 723. The molecule has 2 heterocycles. The molecule has 0 amide bonds. The third-order valence-electron chi connectivity index (χ3n) is 5.38. The highest BCUT2D eigenvalue weighted by atomic mass is 16.5. The molecule has 0 spiro atoms. The van der Waals surface area contributed by atoms with Gasteiger partial charge in [-0.15, -0.1) is 0 Å². The molecule has 0 radical (unpaired) electrons. The van der Waals surface area contributed by atoms with Gasteiger partial charge >= 0.3 is 5.97 Å². The molecule has 7 heteroatoms. The van der Waals surface area contributed by atoms with Gasteiger partial charge in [-0.25, -0.2) is 4.98 Å². The molecule has 1 atom stereocenters. The summed E-state index contributed by atoms with van der Waals surface area (Å²) in [5.74, 6) is 1.33. The Morgan fingerprint density at radius 3 is 2.81 bits per heavy atom. The van der Waals surface area contributed by atoms with E-state index in [2.05, 4.69) is 20.4 Å². The van der Waals surface area contributed by atoms with Crippen molar-refractivity contribution in [2.45, 2.75) is 63.7 Å². The summed E-state index contributed by atoms with van der Waals surface area (Å²) in [6, 6.07) is 3.70. The number of hydrogen-bond acceptors (Lipinski definition) is 6. The zero-order valence-corrected chi connectivity index (χ0v) is 15.9. The van der Waals surface area contributed by atoms with E-state index >= 15 is 0 Å². The molecule has 2 aromatic heterocycles. The third-order valence-corrected chi connectivity index (χ3v) is 5.38. The zero-order chi connectivity index (χ0) is 19.1. The summed E-state index contributed by atoms with van der Waals surface area (Å²) in [6.45, 7) is 0. The van der Waals surface area contributed by atoms with Crippen LogP contribution in [0.25, 0.3) is 11.4 Å². The van der Waals surface area contributed by atoms with Crippen LogP contribution in [0.1, 0.15) is 69.6 Å². The maximum absolute atomic E-state index is 11.3. The summed E-state index contributed by atoms with van der Waals surface area (Å²) in [5.41, 5.74) is 0.750. The van der Waals surface area contributed by atoms with Crippen molar-refractivity contribution in [2.75, 3.05) is 12.4 Å². The molecule has 3 rings (SSSR count). The van der Waals surface area contributed by atoms with E-state index in [4.69, 9.17) is 4.52 Å². The van der Waals surface area contributed by atoms with Crippen molar-refractivity contribution in [3.63, 3.8) is 0 Å². The van der Waals surface area contributed by atoms with Crippen molar-refractivity contribution < 1.29 is 14.4 Å². The third kappa shape index (κ3) is 5.52. The minimum atomic E-state index is -0.836. The molecule has 1 aliphatic rings. The predicted molar refractivity (Wildman–Crippen MR) is 102 cm³/mol. The van der Waals surface area contributed by atoms with Gasteiger partial charge in [0.25, 0.3) is 0 Å². The van der Waals surface area contributed by atoms with Crippen LogP contribution >= 0.6 is 0 Å². The van der Waals surface area contributed by atoms with E-state index in [9.17, 15) is 9.90 Å². The minimum Gasteiger partial charge on any atom is -0.481 e. The lowest BCUT2D eigenvalue weighted by Crippen LogP contribution is -2.10. The van der Waals surface area contributed by atoms with Gasteiger partial charge in [0.15, 0.2) is 0 Å². The SMILES string of the molecule is CNc1ccc(-c2noc([C@@H](CCCC3CCCCC3)CC(=O)O)n2)cn1. The van der Waals surface area contributed by atoms with Crippen LogP contribution in [0.15, 0.2) is 22.9 Å². The molecular weight excluding hydrogens is 344 g/mol. The van der Waals surface area contributed by atoms with E-state index in [1.165, 1.54) is 32.1 Å². The van der Waals surface area contributed by atoms with Gasteiger partial charge in [-0.3, -0.25) is 4.79 Å². The molecule has 1 aliphatic carbocycles. The molecule has 0 aromatic carbocycles. The van der Waals surface area contributed by atoms with Crippen molar-refractivity contribution in [1.29, 1.82) is 0 Å². The highest BCUT2D eigenvalue weighted by Crippen LogP contribution is 2.31. The molecule has 7 nitrogen and oxygen atoms in total.